The summed E-state index contributed by atoms with van der Waals surface area (Å²) in [4.78, 5) is 4.89. The maximum atomic E-state index is 12.6. The molecule has 1 N–H and O–H groups in total. The molecule has 1 saturated heterocycles. The zero-order valence-corrected chi connectivity index (χ0v) is 17.9. The topological polar surface area (TPSA) is 62.3 Å². The molecule has 1 aliphatic rings. The van der Waals surface area contributed by atoms with Crippen molar-refractivity contribution in [2.45, 2.75) is 17.7 Å². The van der Waals surface area contributed by atoms with Crippen LogP contribution in [0.25, 0.3) is 11.3 Å². The zero-order valence-electron chi connectivity index (χ0n) is 14.7. The van der Waals surface area contributed by atoms with Crippen molar-refractivity contribution in [3.63, 3.8) is 0 Å². The molecule has 1 aliphatic heterocycles. The molecule has 1 fully saturated rings. The fraction of sp³-hybridized carbons (Fsp3) is 0.211. The Morgan fingerprint density at radius 1 is 1.00 bits per heavy atom. The number of sulfonamides is 1. The van der Waals surface area contributed by atoms with Gasteiger partial charge in [0.15, 0.2) is 5.13 Å². The van der Waals surface area contributed by atoms with Gasteiger partial charge in [0.25, 0.3) is 0 Å². The van der Waals surface area contributed by atoms with E-state index in [1.54, 1.807) is 40.7 Å². The minimum Gasteiger partial charge on any atom is -0.331 e. The van der Waals surface area contributed by atoms with Gasteiger partial charge in [-0.15, -0.1) is 11.3 Å². The SMILES string of the molecule is O=S(=O)(c1ccc(-c2csc(Nc3ccc(Cl)c(Cl)c3)n2)cc1)N1CCCC1. The van der Waals surface area contributed by atoms with Gasteiger partial charge in [-0.1, -0.05) is 35.3 Å². The number of rotatable bonds is 5. The first-order chi connectivity index (χ1) is 13.4. The summed E-state index contributed by atoms with van der Waals surface area (Å²) in [6, 6.07) is 12.2. The number of aromatic nitrogens is 1. The maximum absolute atomic E-state index is 12.6. The molecule has 5 nitrogen and oxygen atoms in total. The Balaban J connectivity index is 1.51. The van der Waals surface area contributed by atoms with E-state index in [0.29, 0.717) is 33.2 Å². The van der Waals surface area contributed by atoms with Crippen molar-refractivity contribution in [1.82, 2.24) is 9.29 Å². The summed E-state index contributed by atoms with van der Waals surface area (Å²) in [7, 11) is -3.40. The molecule has 0 unspecified atom stereocenters. The van der Waals surface area contributed by atoms with Crippen molar-refractivity contribution in [1.29, 1.82) is 0 Å². The first-order valence-electron chi connectivity index (χ1n) is 8.72. The molecule has 0 aliphatic carbocycles. The third kappa shape index (κ3) is 4.04. The van der Waals surface area contributed by atoms with Crippen molar-refractivity contribution < 1.29 is 8.42 Å². The molecule has 0 spiro atoms. The standard InChI is InChI=1S/C19H17Cl2N3O2S2/c20-16-8-5-14(11-17(16)21)22-19-23-18(12-27-19)13-3-6-15(7-4-13)28(25,26)24-9-1-2-10-24/h3-8,11-12H,1-2,9-10H2,(H,22,23). The van der Waals surface area contributed by atoms with Crippen LogP contribution in [-0.4, -0.2) is 30.8 Å². The van der Waals surface area contributed by atoms with Gasteiger partial charge in [0.05, 0.1) is 20.6 Å². The van der Waals surface area contributed by atoms with Crippen LogP contribution in [0.5, 0.6) is 0 Å². The Hall–Kier alpha value is -1.64. The van der Waals surface area contributed by atoms with Crippen LogP contribution in [-0.2, 0) is 10.0 Å². The smallest absolute Gasteiger partial charge is 0.243 e. The Bertz CT molecular complexity index is 1090. The molecule has 2 heterocycles. The van der Waals surface area contributed by atoms with E-state index >= 15 is 0 Å². The maximum Gasteiger partial charge on any atom is 0.243 e. The average Bonchev–Trinajstić information content (AvgIpc) is 3.37. The monoisotopic (exact) mass is 453 g/mol. The molecule has 0 saturated carbocycles. The number of benzene rings is 2. The fourth-order valence-electron chi connectivity index (χ4n) is 3.04. The van der Waals surface area contributed by atoms with Crippen LogP contribution in [0.2, 0.25) is 10.0 Å². The van der Waals surface area contributed by atoms with E-state index in [9.17, 15) is 8.42 Å². The third-order valence-electron chi connectivity index (χ3n) is 4.53. The lowest BCUT2D eigenvalue weighted by atomic mass is 10.2. The van der Waals surface area contributed by atoms with Crippen LogP contribution in [0.15, 0.2) is 52.7 Å². The largest absolute Gasteiger partial charge is 0.331 e. The van der Waals surface area contributed by atoms with E-state index in [2.05, 4.69) is 10.3 Å². The molecule has 9 heteroatoms. The molecule has 0 bridgehead atoms. The lowest BCUT2D eigenvalue weighted by Crippen LogP contribution is -2.27. The first-order valence-corrected chi connectivity index (χ1v) is 11.8. The molecule has 0 radical (unpaired) electrons. The van der Waals surface area contributed by atoms with Crippen molar-refractivity contribution in [2.24, 2.45) is 0 Å². The summed E-state index contributed by atoms with van der Waals surface area (Å²) >= 11 is 13.4. The molecule has 1 aromatic heterocycles. The van der Waals surface area contributed by atoms with E-state index < -0.39 is 10.0 Å². The molecular weight excluding hydrogens is 437 g/mol. The van der Waals surface area contributed by atoms with Gasteiger partial charge < -0.3 is 5.32 Å². The van der Waals surface area contributed by atoms with Gasteiger partial charge in [0, 0.05) is 29.7 Å². The van der Waals surface area contributed by atoms with Crippen molar-refractivity contribution in [2.75, 3.05) is 18.4 Å². The van der Waals surface area contributed by atoms with Crippen molar-refractivity contribution >= 4 is 55.4 Å². The highest BCUT2D eigenvalue weighted by Crippen LogP contribution is 2.31. The minimum atomic E-state index is -3.40. The summed E-state index contributed by atoms with van der Waals surface area (Å²) in [6.45, 7) is 1.19. The van der Waals surface area contributed by atoms with Gasteiger partial charge in [0.2, 0.25) is 10.0 Å². The lowest BCUT2D eigenvalue weighted by molar-refractivity contribution is 0.477. The predicted octanol–water partition coefficient (Wildman–Crippen LogP) is 5.65. The Morgan fingerprint density at radius 2 is 1.71 bits per heavy atom. The Labute approximate surface area is 178 Å². The molecule has 146 valence electrons. The van der Waals surface area contributed by atoms with E-state index in [0.717, 1.165) is 29.8 Å². The third-order valence-corrected chi connectivity index (χ3v) is 7.94. The molecule has 3 aromatic rings. The van der Waals surface area contributed by atoms with Gasteiger partial charge in [0.1, 0.15) is 0 Å². The number of halogens is 2. The van der Waals surface area contributed by atoms with E-state index in [-0.39, 0.29) is 0 Å². The second kappa shape index (κ2) is 8.00. The minimum absolute atomic E-state index is 0.322. The van der Waals surface area contributed by atoms with Gasteiger partial charge in [-0.25, -0.2) is 13.4 Å². The zero-order chi connectivity index (χ0) is 19.7. The van der Waals surface area contributed by atoms with Gasteiger partial charge in [-0.3, -0.25) is 0 Å². The Morgan fingerprint density at radius 3 is 2.39 bits per heavy atom. The summed E-state index contributed by atoms with van der Waals surface area (Å²) in [5.41, 5.74) is 2.43. The molecule has 4 rings (SSSR count). The summed E-state index contributed by atoms with van der Waals surface area (Å²) < 4.78 is 26.8. The van der Waals surface area contributed by atoms with Crippen LogP contribution < -0.4 is 5.32 Å². The molecule has 28 heavy (non-hydrogen) atoms. The van der Waals surface area contributed by atoms with Gasteiger partial charge in [-0.2, -0.15) is 4.31 Å². The fourth-order valence-corrected chi connectivity index (χ4v) is 5.59. The predicted molar refractivity (Wildman–Crippen MR) is 115 cm³/mol. The van der Waals surface area contributed by atoms with E-state index in [1.807, 2.05) is 11.4 Å². The first kappa shape index (κ1) is 19.7. The lowest BCUT2D eigenvalue weighted by Gasteiger charge is -2.15. The number of anilines is 2. The normalized spacial score (nSPS) is 15.1. The van der Waals surface area contributed by atoms with Crippen LogP contribution in [0.4, 0.5) is 10.8 Å². The van der Waals surface area contributed by atoms with E-state index in [4.69, 9.17) is 23.2 Å². The summed E-state index contributed by atoms with van der Waals surface area (Å²) in [5.74, 6) is 0. The number of nitrogens with zero attached hydrogens (tertiary/aromatic N) is 2. The molecule has 0 atom stereocenters. The molecule has 2 aromatic carbocycles. The van der Waals surface area contributed by atoms with Gasteiger partial charge >= 0.3 is 0 Å². The molecule has 0 amide bonds. The van der Waals surface area contributed by atoms with Gasteiger partial charge in [-0.05, 0) is 43.2 Å². The summed E-state index contributed by atoms with van der Waals surface area (Å²) in [6.07, 6.45) is 1.84. The van der Waals surface area contributed by atoms with E-state index in [1.165, 1.54) is 11.3 Å². The van der Waals surface area contributed by atoms with Crippen LogP contribution >= 0.6 is 34.5 Å². The number of nitrogens with one attached hydrogen (secondary N) is 1. The molecular formula is C19H17Cl2N3O2S2. The van der Waals surface area contributed by atoms with Crippen molar-refractivity contribution in [3.05, 3.63) is 57.9 Å². The average molecular weight is 454 g/mol. The number of hydrogen-bond acceptors (Lipinski definition) is 5. The summed E-state index contributed by atoms with van der Waals surface area (Å²) in [5, 5.41) is 6.79. The van der Waals surface area contributed by atoms with Crippen LogP contribution in [0, 0.1) is 0 Å². The van der Waals surface area contributed by atoms with Crippen LogP contribution in [0.1, 0.15) is 12.8 Å². The van der Waals surface area contributed by atoms with Crippen molar-refractivity contribution in [3.8, 4) is 11.3 Å². The van der Waals surface area contributed by atoms with Crippen LogP contribution in [0.3, 0.4) is 0 Å². The second-order valence-electron chi connectivity index (χ2n) is 6.43. The quantitative estimate of drug-likeness (QED) is 0.542. The number of hydrogen-bond donors (Lipinski definition) is 1. The highest BCUT2D eigenvalue weighted by Gasteiger charge is 2.27. The highest BCUT2D eigenvalue weighted by atomic mass is 35.5. The number of thiazole rings is 1. The Kier molecular flexibility index (Phi) is 5.62. The second-order valence-corrected chi connectivity index (χ2v) is 10.0. The highest BCUT2D eigenvalue weighted by molar-refractivity contribution is 7.89.